The number of hydrogen-bond acceptors (Lipinski definition) is 3. The van der Waals surface area contributed by atoms with Crippen molar-refractivity contribution in [3.05, 3.63) is 65.8 Å². The lowest BCUT2D eigenvalue weighted by Gasteiger charge is -2.04. The summed E-state index contributed by atoms with van der Waals surface area (Å²) in [6.45, 7) is 0.382. The predicted molar refractivity (Wildman–Crippen MR) is 80.6 cm³/mol. The van der Waals surface area contributed by atoms with Gasteiger partial charge in [0.1, 0.15) is 11.3 Å². The molecule has 0 spiro atoms. The van der Waals surface area contributed by atoms with Gasteiger partial charge >= 0.3 is 0 Å². The van der Waals surface area contributed by atoms with Crippen LogP contribution in [0.15, 0.2) is 52.9 Å². The number of halogens is 1. The van der Waals surface area contributed by atoms with Crippen molar-refractivity contribution in [2.75, 3.05) is 0 Å². The van der Waals surface area contributed by atoms with E-state index in [1.165, 1.54) is 12.1 Å². The Labute approximate surface area is 127 Å². The van der Waals surface area contributed by atoms with Gasteiger partial charge in [0.15, 0.2) is 11.5 Å². The largest absolute Gasteiger partial charge is 0.441 e. The van der Waals surface area contributed by atoms with E-state index in [1.54, 1.807) is 12.1 Å². The Bertz CT molecular complexity index is 748. The van der Waals surface area contributed by atoms with Gasteiger partial charge in [0.2, 0.25) is 5.91 Å². The lowest BCUT2D eigenvalue weighted by Crippen LogP contribution is -2.23. The van der Waals surface area contributed by atoms with Crippen LogP contribution in [0.2, 0.25) is 0 Å². The molecule has 0 atom stereocenters. The number of amides is 1. The molecular formula is C17H15FN2O2. The normalized spacial score (nSPS) is 10.8. The second kappa shape index (κ2) is 6.39. The molecule has 0 unspecified atom stereocenters. The van der Waals surface area contributed by atoms with Gasteiger partial charge in [-0.15, -0.1) is 0 Å². The molecule has 1 aromatic heterocycles. The van der Waals surface area contributed by atoms with Crippen LogP contribution in [0.1, 0.15) is 17.9 Å². The zero-order chi connectivity index (χ0) is 15.4. The molecule has 4 nitrogen and oxygen atoms in total. The van der Waals surface area contributed by atoms with E-state index in [4.69, 9.17) is 4.42 Å². The molecular weight excluding hydrogens is 283 g/mol. The van der Waals surface area contributed by atoms with Gasteiger partial charge in [0.05, 0.1) is 0 Å². The monoisotopic (exact) mass is 298 g/mol. The quantitative estimate of drug-likeness (QED) is 0.787. The third-order valence-corrected chi connectivity index (χ3v) is 3.31. The molecule has 1 N–H and O–H groups in total. The lowest BCUT2D eigenvalue weighted by molar-refractivity contribution is -0.121. The molecule has 0 saturated heterocycles. The first-order valence-electron chi connectivity index (χ1n) is 7.06. The molecule has 0 radical (unpaired) electrons. The van der Waals surface area contributed by atoms with Crippen LogP contribution in [0.5, 0.6) is 0 Å². The maximum absolute atomic E-state index is 12.8. The molecule has 1 heterocycles. The van der Waals surface area contributed by atoms with Gasteiger partial charge in [-0.05, 0) is 29.8 Å². The van der Waals surface area contributed by atoms with Crippen molar-refractivity contribution in [3.8, 4) is 0 Å². The highest BCUT2D eigenvalue weighted by Gasteiger charge is 2.08. The summed E-state index contributed by atoms with van der Waals surface area (Å²) in [7, 11) is 0. The van der Waals surface area contributed by atoms with Crippen LogP contribution in [0.3, 0.4) is 0 Å². The molecule has 5 heteroatoms. The number of rotatable bonds is 5. The van der Waals surface area contributed by atoms with E-state index in [9.17, 15) is 9.18 Å². The van der Waals surface area contributed by atoms with E-state index in [-0.39, 0.29) is 11.7 Å². The summed E-state index contributed by atoms with van der Waals surface area (Å²) >= 11 is 0. The first kappa shape index (κ1) is 14.3. The maximum Gasteiger partial charge on any atom is 0.220 e. The van der Waals surface area contributed by atoms with Crippen molar-refractivity contribution in [3.63, 3.8) is 0 Å². The summed E-state index contributed by atoms with van der Waals surface area (Å²) in [4.78, 5) is 16.1. The summed E-state index contributed by atoms with van der Waals surface area (Å²) < 4.78 is 18.3. The van der Waals surface area contributed by atoms with Crippen LogP contribution in [-0.4, -0.2) is 10.9 Å². The third kappa shape index (κ3) is 3.49. The first-order valence-corrected chi connectivity index (χ1v) is 7.06. The second-order valence-corrected chi connectivity index (χ2v) is 4.98. The maximum atomic E-state index is 12.8. The van der Waals surface area contributed by atoms with Gasteiger partial charge in [0.25, 0.3) is 0 Å². The van der Waals surface area contributed by atoms with Crippen molar-refractivity contribution in [2.45, 2.75) is 19.4 Å². The van der Waals surface area contributed by atoms with Gasteiger partial charge in [-0.1, -0.05) is 24.3 Å². The van der Waals surface area contributed by atoms with E-state index in [1.807, 2.05) is 24.3 Å². The smallest absolute Gasteiger partial charge is 0.220 e. The number of aromatic nitrogens is 1. The zero-order valence-corrected chi connectivity index (χ0v) is 11.9. The average molecular weight is 298 g/mol. The average Bonchev–Trinajstić information content (AvgIpc) is 2.95. The molecule has 22 heavy (non-hydrogen) atoms. The number of hydrogen-bond donors (Lipinski definition) is 1. The highest BCUT2D eigenvalue weighted by atomic mass is 19.1. The molecule has 3 rings (SSSR count). The van der Waals surface area contributed by atoms with Gasteiger partial charge in [-0.3, -0.25) is 4.79 Å². The van der Waals surface area contributed by atoms with Gasteiger partial charge in [-0.25, -0.2) is 9.37 Å². The molecule has 3 aromatic rings. The Morgan fingerprint density at radius 3 is 2.68 bits per heavy atom. The summed E-state index contributed by atoms with van der Waals surface area (Å²) in [5.74, 6) is 0.177. The molecule has 0 bridgehead atoms. The third-order valence-electron chi connectivity index (χ3n) is 3.31. The van der Waals surface area contributed by atoms with Crippen molar-refractivity contribution >= 4 is 17.0 Å². The number of para-hydroxylation sites is 2. The van der Waals surface area contributed by atoms with Crippen molar-refractivity contribution in [1.82, 2.24) is 10.3 Å². The van der Waals surface area contributed by atoms with E-state index < -0.39 is 0 Å². The highest BCUT2D eigenvalue weighted by molar-refractivity contribution is 5.76. The minimum atomic E-state index is -0.286. The van der Waals surface area contributed by atoms with Crippen molar-refractivity contribution < 1.29 is 13.6 Å². The minimum absolute atomic E-state index is 0.0911. The van der Waals surface area contributed by atoms with Gasteiger partial charge in [0, 0.05) is 19.4 Å². The number of fused-ring (bicyclic) bond motifs is 1. The van der Waals surface area contributed by atoms with Gasteiger partial charge < -0.3 is 9.73 Å². The van der Waals surface area contributed by atoms with Crippen LogP contribution >= 0.6 is 0 Å². The van der Waals surface area contributed by atoms with E-state index in [0.717, 1.165) is 16.7 Å². The molecule has 1 amide bonds. The molecule has 0 saturated carbocycles. The number of aryl methyl sites for hydroxylation is 1. The number of carbonyl (C=O) groups is 1. The second-order valence-electron chi connectivity index (χ2n) is 4.98. The molecule has 0 aliphatic rings. The fraction of sp³-hybridized carbons (Fsp3) is 0.176. The molecule has 2 aromatic carbocycles. The van der Waals surface area contributed by atoms with Crippen LogP contribution in [0.25, 0.3) is 11.1 Å². The summed E-state index contributed by atoms with van der Waals surface area (Å²) in [5, 5.41) is 2.79. The molecule has 0 aliphatic carbocycles. The first-order chi connectivity index (χ1) is 10.7. The van der Waals surface area contributed by atoms with Gasteiger partial charge in [-0.2, -0.15) is 0 Å². The van der Waals surface area contributed by atoms with Crippen molar-refractivity contribution in [1.29, 1.82) is 0 Å². The standard InChI is InChI=1S/C17H15FN2O2/c18-13-7-5-12(6-8-13)11-19-16(21)9-10-17-20-14-3-1-2-4-15(14)22-17/h1-8H,9-11H2,(H,19,21). The fourth-order valence-corrected chi connectivity index (χ4v) is 2.14. The van der Waals surface area contributed by atoms with Crippen LogP contribution in [-0.2, 0) is 17.8 Å². The Kier molecular flexibility index (Phi) is 4.14. The Morgan fingerprint density at radius 1 is 1.14 bits per heavy atom. The minimum Gasteiger partial charge on any atom is -0.441 e. The molecule has 0 aliphatic heterocycles. The predicted octanol–water partition coefficient (Wildman–Crippen LogP) is 3.22. The summed E-state index contributed by atoms with van der Waals surface area (Å²) in [5.41, 5.74) is 2.38. The number of nitrogens with one attached hydrogen (secondary N) is 1. The topological polar surface area (TPSA) is 55.1 Å². The van der Waals surface area contributed by atoms with E-state index in [0.29, 0.717) is 25.3 Å². The Balaban J connectivity index is 1.50. The van der Waals surface area contributed by atoms with E-state index >= 15 is 0 Å². The summed E-state index contributed by atoms with van der Waals surface area (Å²) in [6.07, 6.45) is 0.748. The Morgan fingerprint density at radius 2 is 1.91 bits per heavy atom. The number of carbonyl (C=O) groups excluding carboxylic acids is 1. The molecule has 0 fully saturated rings. The fourth-order valence-electron chi connectivity index (χ4n) is 2.14. The number of benzene rings is 2. The summed E-state index contributed by atoms with van der Waals surface area (Å²) in [6, 6.07) is 13.5. The number of nitrogens with zero attached hydrogens (tertiary/aromatic N) is 1. The van der Waals surface area contributed by atoms with Crippen LogP contribution in [0.4, 0.5) is 4.39 Å². The van der Waals surface area contributed by atoms with Crippen molar-refractivity contribution in [2.24, 2.45) is 0 Å². The zero-order valence-electron chi connectivity index (χ0n) is 11.9. The lowest BCUT2D eigenvalue weighted by atomic mass is 10.2. The van der Waals surface area contributed by atoms with E-state index in [2.05, 4.69) is 10.3 Å². The molecule has 112 valence electrons. The highest BCUT2D eigenvalue weighted by Crippen LogP contribution is 2.15. The van der Waals surface area contributed by atoms with Crippen LogP contribution in [0, 0.1) is 5.82 Å². The SMILES string of the molecule is O=C(CCc1nc2ccccc2o1)NCc1ccc(F)cc1. The Hall–Kier alpha value is -2.69. The van der Waals surface area contributed by atoms with Crippen LogP contribution < -0.4 is 5.32 Å². The number of oxazole rings is 1.